The van der Waals surface area contributed by atoms with Crippen LogP contribution in [0.5, 0.6) is 0 Å². The molecular formula is C13H16N2O4. The number of hydrogen-bond acceptors (Lipinski definition) is 4. The van der Waals surface area contributed by atoms with Gasteiger partial charge in [-0.05, 0) is 18.2 Å². The van der Waals surface area contributed by atoms with Gasteiger partial charge in [0, 0.05) is 26.3 Å². The first-order chi connectivity index (χ1) is 8.90. The van der Waals surface area contributed by atoms with Gasteiger partial charge in [-0.15, -0.1) is 0 Å². The highest BCUT2D eigenvalue weighted by atomic mass is 16.4. The lowest BCUT2D eigenvalue weighted by Gasteiger charge is -2.21. The number of benzene rings is 1. The first-order valence-electron chi connectivity index (χ1n) is 5.93. The average molecular weight is 264 g/mol. The van der Waals surface area contributed by atoms with Crippen LogP contribution in [-0.2, 0) is 11.8 Å². The normalized spacial score (nSPS) is 12.6. The molecule has 1 heterocycles. The molecule has 1 atom stereocenters. The number of anilines is 1. The van der Waals surface area contributed by atoms with E-state index in [4.69, 9.17) is 9.52 Å². The molecule has 2 rings (SSSR count). The van der Waals surface area contributed by atoms with Crippen molar-refractivity contribution in [2.75, 3.05) is 18.5 Å². The van der Waals surface area contributed by atoms with Gasteiger partial charge < -0.3 is 14.4 Å². The van der Waals surface area contributed by atoms with Gasteiger partial charge in [-0.2, -0.15) is 0 Å². The van der Waals surface area contributed by atoms with Gasteiger partial charge in [0.05, 0.1) is 11.4 Å². The fourth-order valence-electron chi connectivity index (χ4n) is 1.95. The lowest BCUT2D eigenvalue weighted by atomic mass is 10.1. The van der Waals surface area contributed by atoms with Crippen molar-refractivity contribution >= 4 is 22.8 Å². The van der Waals surface area contributed by atoms with Crippen LogP contribution in [0.4, 0.5) is 5.69 Å². The highest BCUT2D eigenvalue weighted by molar-refractivity contribution is 5.78. The van der Waals surface area contributed by atoms with E-state index in [1.807, 2.05) is 18.0 Å². The summed E-state index contributed by atoms with van der Waals surface area (Å²) in [4.78, 5) is 24.1. The zero-order valence-corrected chi connectivity index (χ0v) is 11.1. The molecule has 0 aliphatic rings. The fraction of sp³-hybridized carbons (Fsp3) is 0.385. The van der Waals surface area contributed by atoms with Gasteiger partial charge in [0.25, 0.3) is 0 Å². The number of nitrogens with zero attached hydrogens (tertiary/aromatic N) is 2. The van der Waals surface area contributed by atoms with Crippen LogP contribution in [-0.4, -0.2) is 29.2 Å². The Morgan fingerprint density at radius 2 is 2.21 bits per heavy atom. The van der Waals surface area contributed by atoms with Crippen LogP contribution < -0.4 is 10.7 Å². The summed E-state index contributed by atoms with van der Waals surface area (Å²) >= 11 is 0. The second-order valence-electron chi connectivity index (χ2n) is 4.70. The van der Waals surface area contributed by atoms with Crippen LogP contribution >= 0.6 is 0 Å². The zero-order chi connectivity index (χ0) is 14.2. The van der Waals surface area contributed by atoms with E-state index in [9.17, 15) is 9.59 Å². The van der Waals surface area contributed by atoms with Crippen molar-refractivity contribution in [3.8, 4) is 0 Å². The van der Waals surface area contributed by atoms with Gasteiger partial charge in [0.1, 0.15) is 0 Å². The maximum atomic E-state index is 11.4. The lowest BCUT2D eigenvalue weighted by Crippen LogP contribution is -2.28. The molecular weight excluding hydrogens is 248 g/mol. The van der Waals surface area contributed by atoms with Crippen molar-refractivity contribution < 1.29 is 14.3 Å². The van der Waals surface area contributed by atoms with Crippen LogP contribution in [0.25, 0.3) is 11.1 Å². The Morgan fingerprint density at radius 3 is 2.84 bits per heavy atom. The molecule has 0 aliphatic heterocycles. The predicted octanol–water partition coefficient (Wildman–Crippen LogP) is 1.29. The summed E-state index contributed by atoms with van der Waals surface area (Å²) in [5.74, 6) is -1.70. The number of aryl methyl sites for hydroxylation is 1. The number of carbonyl (C=O) groups is 1. The number of fused-ring (bicyclic) bond motifs is 1. The summed E-state index contributed by atoms with van der Waals surface area (Å²) in [5, 5.41) is 8.91. The van der Waals surface area contributed by atoms with E-state index in [2.05, 4.69) is 0 Å². The molecule has 1 aromatic heterocycles. The summed E-state index contributed by atoms with van der Waals surface area (Å²) in [6, 6.07) is 5.34. The maximum absolute atomic E-state index is 11.4. The van der Waals surface area contributed by atoms with Gasteiger partial charge >= 0.3 is 11.7 Å². The Balaban J connectivity index is 2.32. The Bertz CT molecular complexity index is 671. The molecule has 1 N–H and O–H groups in total. The third-order valence-electron chi connectivity index (χ3n) is 3.19. The zero-order valence-electron chi connectivity index (χ0n) is 11.1. The van der Waals surface area contributed by atoms with Crippen LogP contribution in [0.2, 0.25) is 0 Å². The Kier molecular flexibility index (Phi) is 3.33. The minimum absolute atomic E-state index is 0.395. The van der Waals surface area contributed by atoms with E-state index in [-0.39, 0.29) is 0 Å². The Hall–Kier alpha value is -2.24. The number of carboxylic acids is 1. The highest BCUT2D eigenvalue weighted by Gasteiger charge is 2.15. The molecule has 6 heteroatoms. The predicted molar refractivity (Wildman–Crippen MR) is 71.5 cm³/mol. The molecule has 0 saturated heterocycles. The van der Waals surface area contributed by atoms with Crippen molar-refractivity contribution in [1.29, 1.82) is 0 Å². The molecule has 19 heavy (non-hydrogen) atoms. The van der Waals surface area contributed by atoms with Crippen LogP contribution in [0, 0.1) is 5.92 Å². The summed E-state index contributed by atoms with van der Waals surface area (Å²) < 4.78 is 6.47. The van der Waals surface area contributed by atoms with Gasteiger partial charge in [-0.25, -0.2) is 4.79 Å². The second kappa shape index (κ2) is 4.79. The first-order valence-corrected chi connectivity index (χ1v) is 5.93. The first kappa shape index (κ1) is 13.2. The molecule has 1 unspecified atom stereocenters. The number of rotatable bonds is 4. The fourth-order valence-corrected chi connectivity index (χ4v) is 1.95. The Morgan fingerprint density at radius 1 is 1.53 bits per heavy atom. The van der Waals surface area contributed by atoms with Gasteiger partial charge in [-0.1, -0.05) is 6.92 Å². The van der Waals surface area contributed by atoms with E-state index in [0.717, 1.165) is 5.69 Å². The van der Waals surface area contributed by atoms with E-state index < -0.39 is 17.6 Å². The molecule has 0 bridgehead atoms. The SMILES string of the molecule is CC(CN(C)c1ccc2oc(=O)n(C)c2c1)C(=O)O. The third-order valence-corrected chi connectivity index (χ3v) is 3.19. The summed E-state index contributed by atoms with van der Waals surface area (Å²) in [6.45, 7) is 2.05. The topological polar surface area (TPSA) is 75.7 Å². The molecule has 6 nitrogen and oxygen atoms in total. The molecule has 0 radical (unpaired) electrons. The van der Waals surface area contributed by atoms with Crippen LogP contribution in [0.3, 0.4) is 0 Å². The molecule has 1 aromatic carbocycles. The third kappa shape index (κ3) is 2.47. The van der Waals surface area contributed by atoms with Gasteiger partial charge in [0.2, 0.25) is 0 Å². The van der Waals surface area contributed by atoms with Crippen molar-refractivity contribution in [3.63, 3.8) is 0 Å². The van der Waals surface area contributed by atoms with E-state index >= 15 is 0 Å². The quantitative estimate of drug-likeness (QED) is 0.900. The van der Waals surface area contributed by atoms with E-state index in [1.165, 1.54) is 4.57 Å². The number of aliphatic carboxylic acids is 1. The minimum Gasteiger partial charge on any atom is -0.481 e. The highest BCUT2D eigenvalue weighted by Crippen LogP contribution is 2.21. The monoisotopic (exact) mass is 264 g/mol. The van der Waals surface area contributed by atoms with Crippen molar-refractivity contribution in [1.82, 2.24) is 4.57 Å². The molecule has 0 fully saturated rings. The van der Waals surface area contributed by atoms with Crippen molar-refractivity contribution in [2.24, 2.45) is 13.0 Å². The molecule has 2 aromatic rings. The number of oxazole rings is 1. The van der Waals surface area contributed by atoms with Crippen LogP contribution in [0.15, 0.2) is 27.4 Å². The van der Waals surface area contributed by atoms with Gasteiger partial charge in [-0.3, -0.25) is 9.36 Å². The minimum atomic E-state index is -0.830. The number of aromatic nitrogens is 1. The molecule has 0 spiro atoms. The lowest BCUT2D eigenvalue weighted by molar-refractivity contribution is -0.140. The van der Waals surface area contributed by atoms with Gasteiger partial charge in [0.15, 0.2) is 5.58 Å². The van der Waals surface area contributed by atoms with Crippen molar-refractivity contribution in [3.05, 3.63) is 28.7 Å². The number of carboxylic acid groups (broad SMARTS) is 1. The Labute approximate surface area is 109 Å². The second-order valence-corrected chi connectivity index (χ2v) is 4.70. The molecule has 102 valence electrons. The van der Waals surface area contributed by atoms with E-state index in [1.54, 1.807) is 26.1 Å². The summed E-state index contributed by atoms with van der Waals surface area (Å²) in [6.07, 6.45) is 0. The standard InChI is InChI=1S/C13H16N2O4/c1-8(12(16)17)7-14(2)9-4-5-11-10(6-9)15(3)13(18)19-11/h4-6,8H,7H2,1-3H3,(H,16,17). The smallest absolute Gasteiger partial charge is 0.419 e. The summed E-state index contributed by atoms with van der Waals surface area (Å²) in [5.41, 5.74) is 2.06. The molecule has 0 amide bonds. The van der Waals surface area contributed by atoms with E-state index in [0.29, 0.717) is 17.6 Å². The van der Waals surface area contributed by atoms with Crippen LogP contribution in [0.1, 0.15) is 6.92 Å². The molecule has 0 aliphatic carbocycles. The summed E-state index contributed by atoms with van der Waals surface area (Å²) in [7, 11) is 3.45. The largest absolute Gasteiger partial charge is 0.481 e. The van der Waals surface area contributed by atoms with Crippen molar-refractivity contribution in [2.45, 2.75) is 6.92 Å². The number of hydrogen-bond donors (Lipinski definition) is 1. The maximum Gasteiger partial charge on any atom is 0.419 e. The average Bonchev–Trinajstić information content (AvgIpc) is 2.64. The molecule has 0 saturated carbocycles.